The maximum absolute atomic E-state index is 6.53. The second-order valence-electron chi connectivity index (χ2n) is 13.2. The van der Waals surface area contributed by atoms with Gasteiger partial charge in [0, 0.05) is 22.0 Å². The van der Waals surface area contributed by atoms with Crippen molar-refractivity contribution >= 4 is 13.2 Å². The molecule has 0 unspecified atom stereocenters. The Kier molecular flexibility index (Phi) is 10.8. The predicted molar refractivity (Wildman–Crippen MR) is 199 cm³/mol. The summed E-state index contributed by atoms with van der Waals surface area (Å²) in [6, 6.07) is 23.7. The van der Waals surface area contributed by atoms with Crippen molar-refractivity contribution in [2.75, 3.05) is 28.4 Å². The highest BCUT2D eigenvalue weighted by Gasteiger charge is 2.39. The Hall–Kier alpha value is -3.49. The van der Waals surface area contributed by atoms with E-state index in [1.54, 1.807) is 21.3 Å². The smallest absolute Gasteiger partial charge is 0.138 e. The van der Waals surface area contributed by atoms with Crippen LogP contribution >= 0.6 is 7.92 Å². The quantitative estimate of drug-likeness (QED) is 0.160. The van der Waals surface area contributed by atoms with Gasteiger partial charge in [-0.05, 0) is 91.3 Å². The molecule has 0 aromatic heterocycles. The highest BCUT2D eigenvalue weighted by Crippen LogP contribution is 2.61. The van der Waals surface area contributed by atoms with E-state index in [0.717, 1.165) is 56.4 Å². The van der Waals surface area contributed by atoms with Crippen LogP contribution in [0.4, 0.5) is 0 Å². The normalized spacial score (nSPS) is 15.9. The summed E-state index contributed by atoms with van der Waals surface area (Å²) in [6.45, 7) is 4.35. The maximum atomic E-state index is 6.53. The monoisotopic (exact) mass is 650 g/mol. The van der Waals surface area contributed by atoms with Crippen LogP contribution in [0.3, 0.4) is 0 Å². The molecule has 0 spiro atoms. The Bertz CT molecular complexity index is 1590. The molecule has 4 aromatic carbocycles. The number of hydrogen-bond acceptors (Lipinski definition) is 4. The Balaban J connectivity index is 1.77. The average molecular weight is 651 g/mol. The van der Waals surface area contributed by atoms with E-state index in [9.17, 15) is 0 Å². The molecule has 248 valence electrons. The molecule has 0 N–H and O–H groups in total. The van der Waals surface area contributed by atoms with Crippen LogP contribution in [0.15, 0.2) is 66.7 Å². The molecular formula is C42H51O4P. The summed E-state index contributed by atoms with van der Waals surface area (Å²) in [5.74, 6) is 3.42. The van der Waals surface area contributed by atoms with Crippen molar-refractivity contribution in [1.82, 2.24) is 0 Å². The molecule has 4 nitrogen and oxygen atoms in total. The fourth-order valence-corrected chi connectivity index (χ4v) is 12.3. The SMILES string of the molecule is COc1ccc(OC)c(P(C2CCCCC2)C2CCCCC2)c1-c1c(OC)c(-c2ccccc2C)cc(-c2ccccc2C)c1OC. The summed E-state index contributed by atoms with van der Waals surface area (Å²) in [6.07, 6.45) is 13.1. The van der Waals surface area contributed by atoms with E-state index in [0.29, 0.717) is 11.3 Å². The van der Waals surface area contributed by atoms with Crippen molar-refractivity contribution in [3.63, 3.8) is 0 Å². The molecule has 0 heterocycles. The minimum Gasteiger partial charge on any atom is -0.496 e. The predicted octanol–water partition coefficient (Wildman–Crippen LogP) is 11.1. The molecule has 2 aliphatic rings. The van der Waals surface area contributed by atoms with Gasteiger partial charge in [-0.1, -0.05) is 95.0 Å². The van der Waals surface area contributed by atoms with E-state index in [1.807, 2.05) is 7.11 Å². The number of methoxy groups -OCH3 is 4. The Morgan fingerprint density at radius 1 is 0.489 bits per heavy atom. The minimum absolute atomic E-state index is 0.576. The molecule has 6 rings (SSSR count). The molecule has 4 aromatic rings. The van der Waals surface area contributed by atoms with Gasteiger partial charge in [0.15, 0.2) is 0 Å². The molecule has 0 bridgehead atoms. The second kappa shape index (κ2) is 15.2. The Morgan fingerprint density at radius 3 is 1.36 bits per heavy atom. The molecule has 47 heavy (non-hydrogen) atoms. The lowest BCUT2D eigenvalue weighted by Gasteiger charge is -2.40. The fourth-order valence-electron chi connectivity index (χ4n) is 8.22. The Labute approximate surface area is 283 Å². The van der Waals surface area contributed by atoms with Crippen LogP contribution in [0.1, 0.15) is 75.3 Å². The van der Waals surface area contributed by atoms with Crippen molar-refractivity contribution in [3.8, 4) is 56.4 Å². The summed E-state index contributed by atoms with van der Waals surface area (Å²) in [5, 5.41) is 1.33. The molecule has 0 saturated heterocycles. The van der Waals surface area contributed by atoms with Crippen molar-refractivity contribution in [2.45, 2.75) is 89.4 Å². The van der Waals surface area contributed by atoms with E-state index in [2.05, 4.69) is 80.6 Å². The largest absolute Gasteiger partial charge is 0.496 e. The van der Waals surface area contributed by atoms with Gasteiger partial charge in [0.2, 0.25) is 0 Å². The zero-order valence-electron chi connectivity index (χ0n) is 29.2. The number of benzene rings is 4. The van der Waals surface area contributed by atoms with Gasteiger partial charge in [-0.25, -0.2) is 0 Å². The average Bonchev–Trinajstić information content (AvgIpc) is 3.12. The van der Waals surface area contributed by atoms with Gasteiger partial charge < -0.3 is 18.9 Å². The first-order valence-electron chi connectivity index (χ1n) is 17.5. The van der Waals surface area contributed by atoms with Crippen LogP contribution in [0.2, 0.25) is 0 Å². The first kappa shape index (κ1) is 33.4. The molecule has 5 heteroatoms. The van der Waals surface area contributed by atoms with Crippen LogP contribution < -0.4 is 24.3 Å². The Morgan fingerprint density at radius 2 is 0.936 bits per heavy atom. The molecule has 2 fully saturated rings. The van der Waals surface area contributed by atoms with Crippen molar-refractivity contribution in [3.05, 3.63) is 77.9 Å². The molecule has 2 aliphatic carbocycles. The van der Waals surface area contributed by atoms with Crippen molar-refractivity contribution < 1.29 is 18.9 Å². The zero-order chi connectivity index (χ0) is 32.9. The van der Waals surface area contributed by atoms with E-state index in [1.165, 1.54) is 80.6 Å². The van der Waals surface area contributed by atoms with Gasteiger partial charge in [-0.2, -0.15) is 0 Å². The molecule has 0 radical (unpaired) electrons. The van der Waals surface area contributed by atoms with Crippen LogP contribution in [0.25, 0.3) is 33.4 Å². The first-order chi connectivity index (χ1) is 23.0. The summed E-state index contributed by atoms with van der Waals surface area (Å²) in [4.78, 5) is 0. The second-order valence-corrected chi connectivity index (χ2v) is 16.0. The summed E-state index contributed by atoms with van der Waals surface area (Å²) in [7, 11) is 6.65. The molecule has 2 saturated carbocycles. The highest BCUT2D eigenvalue weighted by atomic mass is 31.1. The van der Waals surface area contributed by atoms with Crippen LogP contribution in [0.5, 0.6) is 23.0 Å². The van der Waals surface area contributed by atoms with Gasteiger partial charge >= 0.3 is 0 Å². The molecule has 0 aliphatic heterocycles. The summed E-state index contributed by atoms with van der Waals surface area (Å²) < 4.78 is 25.8. The van der Waals surface area contributed by atoms with Gasteiger partial charge in [0.05, 0.1) is 34.0 Å². The van der Waals surface area contributed by atoms with Crippen molar-refractivity contribution in [1.29, 1.82) is 0 Å². The maximum Gasteiger partial charge on any atom is 0.138 e. The van der Waals surface area contributed by atoms with Gasteiger partial charge in [0.25, 0.3) is 0 Å². The summed E-state index contributed by atoms with van der Waals surface area (Å²) in [5.41, 5.74) is 10.1. The number of aryl methyl sites for hydroxylation is 2. The van der Waals surface area contributed by atoms with Crippen molar-refractivity contribution in [2.24, 2.45) is 0 Å². The standard InChI is InChI=1S/C42H51O4P/c1-28-17-13-15-23-32(28)34-27-35(33-24-16-14-18-29(33)2)41(46-6)39(40(34)45-5)38-36(43-3)25-26-37(44-4)42(38)47(30-19-9-7-10-20-30)31-21-11-8-12-22-31/h13-18,23-27,30-31H,7-12,19-22H2,1-6H3. The third-order valence-electron chi connectivity index (χ3n) is 10.5. The van der Waals surface area contributed by atoms with Gasteiger partial charge in [-0.3, -0.25) is 0 Å². The molecule has 0 amide bonds. The minimum atomic E-state index is -0.576. The number of ether oxygens (including phenoxy) is 4. The number of rotatable bonds is 10. The number of hydrogen-bond donors (Lipinski definition) is 0. The van der Waals surface area contributed by atoms with E-state index >= 15 is 0 Å². The first-order valence-corrected chi connectivity index (χ1v) is 18.9. The lowest BCUT2D eigenvalue weighted by Crippen LogP contribution is -2.28. The third kappa shape index (κ3) is 6.51. The van der Waals surface area contributed by atoms with Crippen LogP contribution in [-0.2, 0) is 0 Å². The van der Waals surface area contributed by atoms with Gasteiger partial charge in [0.1, 0.15) is 23.0 Å². The summed E-state index contributed by atoms with van der Waals surface area (Å²) >= 11 is 0. The highest BCUT2D eigenvalue weighted by molar-refractivity contribution is 7.67. The third-order valence-corrected chi connectivity index (χ3v) is 14.1. The zero-order valence-corrected chi connectivity index (χ0v) is 30.1. The fraction of sp³-hybridized carbons (Fsp3) is 0.429. The lowest BCUT2D eigenvalue weighted by atomic mass is 9.88. The van der Waals surface area contributed by atoms with E-state index < -0.39 is 7.92 Å². The topological polar surface area (TPSA) is 36.9 Å². The van der Waals surface area contributed by atoms with E-state index in [-0.39, 0.29) is 0 Å². The van der Waals surface area contributed by atoms with Crippen LogP contribution in [-0.4, -0.2) is 39.8 Å². The molecular weight excluding hydrogens is 599 g/mol. The molecule has 0 atom stereocenters. The lowest BCUT2D eigenvalue weighted by molar-refractivity contribution is 0.394. The van der Waals surface area contributed by atoms with E-state index in [4.69, 9.17) is 18.9 Å². The van der Waals surface area contributed by atoms with Gasteiger partial charge in [-0.15, -0.1) is 0 Å². The van der Waals surface area contributed by atoms with Crippen LogP contribution in [0, 0.1) is 13.8 Å².